The number of halogens is 1. The van der Waals surface area contributed by atoms with Crippen LogP contribution in [0.25, 0.3) is 0 Å². The number of hydrogen-bond donors (Lipinski definition) is 1. The normalized spacial score (nSPS) is 17.1. The molecular weight excluding hydrogens is 262 g/mol. The van der Waals surface area contributed by atoms with E-state index in [0.29, 0.717) is 35.3 Å². The van der Waals surface area contributed by atoms with E-state index in [2.05, 4.69) is 0 Å². The van der Waals surface area contributed by atoms with Gasteiger partial charge < -0.3 is 10.0 Å². The van der Waals surface area contributed by atoms with Crippen molar-refractivity contribution in [2.75, 3.05) is 29.5 Å². The zero-order valence-electron chi connectivity index (χ0n) is 9.06. The molecule has 2 rings (SSSR count). The van der Waals surface area contributed by atoms with E-state index in [1.807, 2.05) is 4.90 Å². The van der Waals surface area contributed by atoms with Crippen LogP contribution in [0.4, 0.5) is 5.69 Å². The van der Waals surface area contributed by atoms with Gasteiger partial charge in [0.2, 0.25) is 0 Å². The molecule has 6 heteroatoms. The van der Waals surface area contributed by atoms with E-state index in [0.717, 1.165) is 0 Å². The lowest BCUT2D eigenvalue weighted by molar-refractivity contribution is 0.0697. The summed E-state index contributed by atoms with van der Waals surface area (Å²) in [5.74, 6) is 0.181. The Morgan fingerprint density at radius 3 is 2.59 bits per heavy atom. The maximum Gasteiger partial charge on any atom is 0.337 e. The Morgan fingerprint density at radius 2 is 2.00 bits per heavy atom. The molecule has 0 aromatic heterocycles. The van der Waals surface area contributed by atoms with Crippen LogP contribution in [-0.2, 0) is 10.8 Å². The van der Waals surface area contributed by atoms with E-state index < -0.39 is 16.8 Å². The summed E-state index contributed by atoms with van der Waals surface area (Å²) in [6, 6.07) is 4.72. The molecule has 0 unspecified atom stereocenters. The molecule has 0 amide bonds. The summed E-state index contributed by atoms with van der Waals surface area (Å²) in [5.41, 5.74) is 0.851. The molecule has 1 fully saturated rings. The van der Waals surface area contributed by atoms with Crippen LogP contribution < -0.4 is 4.90 Å². The molecule has 1 aromatic carbocycles. The Balaban J connectivity index is 2.33. The van der Waals surface area contributed by atoms with Crippen LogP contribution in [-0.4, -0.2) is 39.9 Å². The highest BCUT2D eigenvalue weighted by molar-refractivity contribution is 7.85. The van der Waals surface area contributed by atoms with Crippen LogP contribution in [0.2, 0.25) is 5.02 Å². The Hall–Kier alpha value is -1.07. The molecule has 1 aromatic rings. The first kappa shape index (κ1) is 12.4. The average Bonchev–Trinajstić information content (AvgIpc) is 2.29. The molecule has 0 bridgehead atoms. The molecule has 1 aliphatic rings. The minimum atomic E-state index is -0.969. The first-order valence-corrected chi connectivity index (χ1v) is 7.07. The van der Waals surface area contributed by atoms with E-state index in [4.69, 9.17) is 16.7 Å². The van der Waals surface area contributed by atoms with Gasteiger partial charge in [-0.25, -0.2) is 4.79 Å². The van der Waals surface area contributed by atoms with Gasteiger partial charge in [0.05, 0.1) is 11.3 Å². The van der Waals surface area contributed by atoms with E-state index >= 15 is 0 Å². The van der Waals surface area contributed by atoms with E-state index in [9.17, 15) is 9.00 Å². The predicted molar refractivity (Wildman–Crippen MR) is 68.5 cm³/mol. The first-order valence-electron chi connectivity index (χ1n) is 5.20. The van der Waals surface area contributed by atoms with Crippen molar-refractivity contribution in [1.82, 2.24) is 0 Å². The van der Waals surface area contributed by atoms with Crippen molar-refractivity contribution in [1.29, 1.82) is 0 Å². The van der Waals surface area contributed by atoms with Crippen molar-refractivity contribution in [3.05, 3.63) is 28.8 Å². The largest absolute Gasteiger partial charge is 0.478 e. The second-order valence-corrected chi connectivity index (χ2v) is 5.93. The van der Waals surface area contributed by atoms with Gasteiger partial charge >= 0.3 is 5.97 Å². The number of carboxylic acid groups (broad SMARTS) is 1. The van der Waals surface area contributed by atoms with Gasteiger partial charge in [-0.15, -0.1) is 0 Å². The van der Waals surface area contributed by atoms with Gasteiger partial charge in [0, 0.05) is 40.4 Å². The maximum atomic E-state index is 11.3. The van der Waals surface area contributed by atoms with Crippen molar-refractivity contribution < 1.29 is 14.1 Å². The van der Waals surface area contributed by atoms with Gasteiger partial charge in [0.1, 0.15) is 0 Å². The van der Waals surface area contributed by atoms with Crippen LogP contribution in [0.1, 0.15) is 10.4 Å². The zero-order valence-corrected chi connectivity index (χ0v) is 10.6. The van der Waals surface area contributed by atoms with E-state index in [-0.39, 0.29) is 5.56 Å². The monoisotopic (exact) mass is 273 g/mol. The second-order valence-electron chi connectivity index (χ2n) is 3.80. The number of carboxylic acids is 1. The van der Waals surface area contributed by atoms with Gasteiger partial charge in [-0.3, -0.25) is 4.21 Å². The second kappa shape index (κ2) is 5.06. The summed E-state index contributed by atoms with van der Waals surface area (Å²) in [4.78, 5) is 13.0. The fourth-order valence-electron chi connectivity index (χ4n) is 1.83. The fourth-order valence-corrected chi connectivity index (χ4v) is 3.04. The lowest BCUT2D eigenvalue weighted by Crippen LogP contribution is -2.38. The number of hydrogen-bond acceptors (Lipinski definition) is 3. The molecule has 1 N–H and O–H groups in total. The minimum absolute atomic E-state index is 0.238. The third-order valence-electron chi connectivity index (χ3n) is 2.71. The minimum Gasteiger partial charge on any atom is -0.478 e. The molecule has 1 heterocycles. The molecule has 4 nitrogen and oxygen atoms in total. The fraction of sp³-hybridized carbons (Fsp3) is 0.364. The van der Waals surface area contributed by atoms with Crippen LogP contribution in [0.15, 0.2) is 18.2 Å². The zero-order chi connectivity index (χ0) is 12.4. The SMILES string of the molecule is O=C(O)c1ccc(Cl)cc1N1CCS(=O)CC1. The topological polar surface area (TPSA) is 57.6 Å². The standard InChI is InChI=1S/C11H12ClNO3S/c12-8-1-2-9(11(14)15)10(7-8)13-3-5-17(16)6-4-13/h1-2,7H,3-6H2,(H,14,15). The molecule has 1 saturated heterocycles. The Bertz CT molecular complexity index is 468. The third kappa shape index (κ3) is 2.79. The highest BCUT2D eigenvalue weighted by atomic mass is 35.5. The molecule has 92 valence electrons. The van der Waals surface area contributed by atoms with Gasteiger partial charge in [-0.05, 0) is 18.2 Å². The van der Waals surface area contributed by atoms with Crippen LogP contribution in [0.3, 0.4) is 0 Å². The number of nitrogens with zero attached hydrogens (tertiary/aromatic N) is 1. The molecule has 17 heavy (non-hydrogen) atoms. The number of benzene rings is 1. The van der Waals surface area contributed by atoms with Gasteiger partial charge in [-0.2, -0.15) is 0 Å². The molecule has 0 spiro atoms. The third-order valence-corrected chi connectivity index (χ3v) is 4.22. The summed E-state index contributed by atoms with van der Waals surface area (Å²) in [6.45, 7) is 1.21. The Kier molecular flexibility index (Phi) is 3.69. The van der Waals surface area contributed by atoms with Crippen molar-refractivity contribution in [2.45, 2.75) is 0 Å². The van der Waals surface area contributed by atoms with Crippen molar-refractivity contribution >= 4 is 34.1 Å². The van der Waals surface area contributed by atoms with Crippen LogP contribution >= 0.6 is 11.6 Å². The average molecular weight is 274 g/mol. The van der Waals surface area contributed by atoms with E-state index in [1.165, 1.54) is 6.07 Å². The lowest BCUT2D eigenvalue weighted by atomic mass is 10.1. The predicted octanol–water partition coefficient (Wildman–Crippen LogP) is 1.61. The molecular formula is C11H12ClNO3S. The number of aromatic carboxylic acids is 1. The highest BCUT2D eigenvalue weighted by Crippen LogP contribution is 2.26. The Labute approximate surface area is 107 Å². The van der Waals surface area contributed by atoms with Crippen molar-refractivity contribution in [3.63, 3.8) is 0 Å². The van der Waals surface area contributed by atoms with Crippen LogP contribution in [0, 0.1) is 0 Å². The first-order chi connectivity index (χ1) is 8.08. The Morgan fingerprint density at radius 1 is 1.35 bits per heavy atom. The summed E-state index contributed by atoms with van der Waals surface area (Å²) in [7, 11) is -0.779. The summed E-state index contributed by atoms with van der Waals surface area (Å²) in [6.07, 6.45) is 0. The van der Waals surface area contributed by atoms with Gasteiger partial charge in [0.15, 0.2) is 0 Å². The molecule has 0 saturated carbocycles. The number of rotatable bonds is 2. The molecule has 0 aliphatic carbocycles. The number of carbonyl (C=O) groups is 1. The van der Waals surface area contributed by atoms with Crippen molar-refractivity contribution in [2.24, 2.45) is 0 Å². The summed E-state index contributed by atoms with van der Waals surface area (Å²) in [5, 5.41) is 9.62. The van der Waals surface area contributed by atoms with Crippen molar-refractivity contribution in [3.8, 4) is 0 Å². The molecule has 0 radical (unpaired) electrons. The molecule has 0 atom stereocenters. The molecule has 1 aliphatic heterocycles. The summed E-state index contributed by atoms with van der Waals surface area (Å²) < 4.78 is 11.3. The highest BCUT2D eigenvalue weighted by Gasteiger charge is 2.20. The van der Waals surface area contributed by atoms with Gasteiger partial charge in [0.25, 0.3) is 0 Å². The maximum absolute atomic E-state index is 11.3. The number of anilines is 1. The summed E-state index contributed by atoms with van der Waals surface area (Å²) >= 11 is 5.89. The smallest absolute Gasteiger partial charge is 0.337 e. The van der Waals surface area contributed by atoms with Crippen LogP contribution in [0.5, 0.6) is 0 Å². The van der Waals surface area contributed by atoms with E-state index in [1.54, 1.807) is 12.1 Å². The van der Waals surface area contributed by atoms with Gasteiger partial charge in [-0.1, -0.05) is 11.6 Å². The lowest BCUT2D eigenvalue weighted by Gasteiger charge is -2.29. The quantitative estimate of drug-likeness (QED) is 0.889.